The van der Waals surface area contributed by atoms with Gasteiger partial charge in [-0.15, -0.1) is 0 Å². The fraction of sp³-hybridized carbons (Fsp3) is 1.00. The SMILES string of the molecule is CN[C@@H]1[C@@H](O)[C@@H](O[C@@H]2[C@@H](O)[C@H](O[C@H]3C[C@H](CO)[C@@H](O)[C@H](O)[C@H]3N)[C@@H](N)C[C@H]2N)OC[C@@]1(C)O. The lowest BCUT2D eigenvalue weighted by atomic mass is 9.79. The summed E-state index contributed by atoms with van der Waals surface area (Å²) in [7, 11) is 1.59. The third-order valence-electron chi connectivity index (χ3n) is 7.25. The van der Waals surface area contributed by atoms with Gasteiger partial charge in [0.25, 0.3) is 0 Å². The van der Waals surface area contributed by atoms with E-state index in [1.807, 2.05) is 0 Å². The van der Waals surface area contributed by atoms with Gasteiger partial charge in [0.15, 0.2) is 6.29 Å². The summed E-state index contributed by atoms with van der Waals surface area (Å²) in [5.41, 5.74) is 17.1. The van der Waals surface area contributed by atoms with Crippen molar-refractivity contribution >= 4 is 0 Å². The van der Waals surface area contributed by atoms with Crippen molar-refractivity contribution in [3.05, 3.63) is 0 Å². The lowest BCUT2D eigenvalue weighted by Crippen LogP contribution is -2.69. The van der Waals surface area contributed by atoms with Crippen LogP contribution in [0.15, 0.2) is 0 Å². The molecule has 33 heavy (non-hydrogen) atoms. The standard InChI is InChI=1S/C20H40N4O9/c1-20(30)6-31-19(15(29)18(20)24-2)33-17-9(22)4-8(21)16(14(17)28)32-10-3-7(5-25)12(26)13(27)11(10)23/h7-19,24-30H,3-6,21-23H2,1-2H3/t7-,8+,9-,10+,11+,12-,13-,14+,15-,16-,17+,18-,19-,20-/m1/s1. The monoisotopic (exact) mass is 480 g/mol. The lowest BCUT2D eigenvalue weighted by molar-refractivity contribution is -0.299. The van der Waals surface area contributed by atoms with E-state index in [1.54, 1.807) is 7.05 Å². The summed E-state index contributed by atoms with van der Waals surface area (Å²) in [4.78, 5) is 0. The Morgan fingerprint density at radius 2 is 1.55 bits per heavy atom. The van der Waals surface area contributed by atoms with Crippen LogP contribution < -0.4 is 22.5 Å². The number of hydrogen-bond donors (Lipinski definition) is 10. The second-order valence-corrected chi connectivity index (χ2v) is 9.82. The van der Waals surface area contributed by atoms with Crippen molar-refractivity contribution in [2.24, 2.45) is 23.1 Å². The minimum atomic E-state index is -1.33. The highest BCUT2D eigenvalue weighted by Crippen LogP contribution is 2.33. The van der Waals surface area contributed by atoms with Crippen LogP contribution in [0.25, 0.3) is 0 Å². The topological polar surface area (TPSA) is 239 Å². The molecule has 0 bridgehead atoms. The zero-order valence-electron chi connectivity index (χ0n) is 19.0. The predicted molar refractivity (Wildman–Crippen MR) is 115 cm³/mol. The van der Waals surface area contributed by atoms with E-state index in [1.165, 1.54) is 6.92 Å². The maximum absolute atomic E-state index is 11.1. The molecule has 14 atom stereocenters. The predicted octanol–water partition coefficient (Wildman–Crippen LogP) is -5.34. The van der Waals surface area contributed by atoms with Gasteiger partial charge >= 0.3 is 0 Å². The first-order valence-electron chi connectivity index (χ1n) is 11.3. The highest BCUT2D eigenvalue weighted by Gasteiger charge is 2.51. The minimum absolute atomic E-state index is 0.114. The van der Waals surface area contributed by atoms with Crippen LogP contribution in [0.4, 0.5) is 0 Å². The van der Waals surface area contributed by atoms with Crippen LogP contribution in [-0.4, -0.2) is 130 Å². The van der Waals surface area contributed by atoms with E-state index in [2.05, 4.69) is 5.32 Å². The van der Waals surface area contributed by atoms with E-state index in [-0.39, 0.29) is 26.1 Å². The number of aliphatic hydroxyl groups excluding tert-OH is 5. The van der Waals surface area contributed by atoms with Gasteiger partial charge in [-0.3, -0.25) is 0 Å². The fourth-order valence-corrected chi connectivity index (χ4v) is 5.21. The maximum atomic E-state index is 11.1. The van der Waals surface area contributed by atoms with Crippen LogP contribution in [0.3, 0.4) is 0 Å². The summed E-state index contributed by atoms with van der Waals surface area (Å²) < 4.78 is 17.4. The maximum Gasteiger partial charge on any atom is 0.185 e. The Bertz CT molecular complexity index is 645. The Morgan fingerprint density at radius 3 is 2.12 bits per heavy atom. The Morgan fingerprint density at radius 1 is 0.939 bits per heavy atom. The van der Waals surface area contributed by atoms with Gasteiger partial charge in [-0.1, -0.05) is 0 Å². The molecule has 3 fully saturated rings. The van der Waals surface area contributed by atoms with Crippen LogP contribution in [0.2, 0.25) is 0 Å². The number of aliphatic hydroxyl groups is 6. The second kappa shape index (κ2) is 10.6. The van der Waals surface area contributed by atoms with Gasteiger partial charge in [0.1, 0.15) is 30.0 Å². The number of likely N-dealkylation sites (N-methyl/N-ethyl adjacent to an activating group) is 1. The number of nitrogens with one attached hydrogen (secondary N) is 1. The van der Waals surface area contributed by atoms with Gasteiger partial charge in [-0.2, -0.15) is 0 Å². The third kappa shape index (κ3) is 5.35. The molecule has 3 aliphatic rings. The highest BCUT2D eigenvalue weighted by atomic mass is 16.7. The average molecular weight is 481 g/mol. The summed E-state index contributed by atoms with van der Waals surface area (Å²) in [6.45, 7) is 1.04. The lowest BCUT2D eigenvalue weighted by Gasteiger charge is -2.49. The molecule has 0 aromatic carbocycles. The molecule has 0 aromatic heterocycles. The number of hydrogen-bond acceptors (Lipinski definition) is 13. The smallest absolute Gasteiger partial charge is 0.185 e. The number of rotatable bonds is 6. The van der Waals surface area contributed by atoms with Crippen molar-refractivity contribution in [2.45, 2.75) is 98.6 Å². The zero-order chi connectivity index (χ0) is 24.7. The van der Waals surface area contributed by atoms with E-state index in [0.29, 0.717) is 0 Å². The Hall–Kier alpha value is -0.520. The molecule has 0 radical (unpaired) electrons. The average Bonchev–Trinajstić information content (AvgIpc) is 2.75. The molecular weight excluding hydrogens is 440 g/mol. The van der Waals surface area contributed by atoms with Crippen molar-refractivity contribution in [2.75, 3.05) is 20.3 Å². The first kappa shape index (κ1) is 27.1. The van der Waals surface area contributed by atoms with Crippen LogP contribution in [0, 0.1) is 5.92 Å². The second-order valence-electron chi connectivity index (χ2n) is 9.82. The van der Waals surface area contributed by atoms with Gasteiger partial charge in [-0.05, 0) is 26.8 Å². The Kier molecular flexibility index (Phi) is 8.71. The summed E-state index contributed by atoms with van der Waals surface area (Å²) >= 11 is 0. The summed E-state index contributed by atoms with van der Waals surface area (Å²) in [5.74, 6) is -0.645. The van der Waals surface area contributed by atoms with E-state index in [4.69, 9.17) is 31.4 Å². The molecule has 13 N–H and O–H groups in total. The van der Waals surface area contributed by atoms with Gasteiger partial charge in [-0.25, -0.2) is 0 Å². The fourth-order valence-electron chi connectivity index (χ4n) is 5.21. The first-order valence-corrected chi connectivity index (χ1v) is 11.3. The molecule has 1 aliphatic heterocycles. The molecular formula is C20H40N4O9. The molecule has 0 spiro atoms. The highest BCUT2D eigenvalue weighted by molar-refractivity contribution is 5.03. The molecule has 194 valence electrons. The molecule has 0 amide bonds. The quantitative estimate of drug-likeness (QED) is 0.171. The molecule has 3 rings (SSSR count). The van der Waals surface area contributed by atoms with E-state index in [0.717, 1.165) is 0 Å². The van der Waals surface area contributed by atoms with Crippen molar-refractivity contribution < 1.29 is 44.8 Å². The molecule has 0 unspecified atom stereocenters. The summed E-state index contributed by atoms with van der Waals surface area (Å²) in [6, 6.07) is -3.08. The van der Waals surface area contributed by atoms with Crippen LogP contribution in [0.5, 0.6) is 0 Å². The normalized spacial score (nSPS) is 53.7. The molecule has 13 nitrogen and oxygen atoms in total. The van der Waals surface area contributed by atoms with Gasteiger partial charge in [0.05, 0.1) is 37.0 Å². The van der Waals surface area contributed by atoms with Crippen molar-refractivity contribution in [3.8, 4) is 0 Å². The zero-order valence-corrected chi connectivity index (χ0v) is 19.0. The molecule has 2 aliphatic carbocycles. The van der Waals surface area contributed by atoms with E-state index < -0.39 is 84.7 Å². The number of ether oxygens (including phenoxy) is 3. The first-order chi connectivity index (χ1) is 15.4. The molecule has 1 heterocycles. The van der Waals surface area contributed by atoms with Crippen molar-refractivity contribution in [1.82, 2.24) is 5.32 Å². The van der Waals surface area contributed by atoms with Crippen molar-refractivity contribution in [3.63, 3.8) is 0 Å². The molecule has 0 aromatic rings. The Labute approximate surface area is 192 Å². The molecule has 1 saturated heterocycles. The minimum Gasteiger partial charge on any atom is -0.396 e. The molecule has 13 heteroatoms. The summed E-state index contributed by atoms with van der Waals surface area (Å²) in [5, 5.41) is 64.8. The van der Waals surface area contributed by atoms with E-state index >= 15 is 0 Å². The van der Waals surface area contributed by atoms with Crippen LogP contribution >= 0.6 is 0 Å². The molecule has 2 saturated carbocycles. The largest absolute Gasteiger partial charge is 0.396 e. The van der Waals surface area contributed by atoms with Crippen LogP contribution in [0.1, 0.15) is 19.8 Å². The summed E-state index contributed by atoms with van der Waals surface area (Å²) in [6.07, 6.45) is -8.65. The third-order valence-corrected chi connectivity index (χ3v) is 7.25. The van der Waals surface area contributed by atoms with Gasteiger partial charge in [0, 0.05) is 24.6 Å². The van der Waals surface area contributed by atoms with Gasteiger partial charge < -0.3 is 67.4 Å². The van der Waals surface area contributed by atoms with E-state index in [9.17, 15) is 30.6 Å². The number of nitrogens with two attached hydrogens (primary N) is 3. The van der Waals surface area contributed by atoms with Crippen molar-refractivity contribution in [1.29, 1.82) is 0 Å². The van der Waals surface area contributed by atoms with Gasteiger partial charge in [0.2, 0.25) is 0 Å². The Balaban J connectivity index is 1.71. The van der Waals surface area contributed by atoms with Crippen LogP contribution in [-0.2, 0) is 14.2 Å².